The lowest BCUT2D eigenvalue weighted by Gasteiger charge is -2.49. The molecule has 0 radical (unpaired) electrons. The molecule has 3 fully saturated rings. The number of aromatic nitrogens is 2. The third-order valence-electron chi connectivity index (χ3n) is 5.16. The number of hydrogen-bond donors (Lipinski definition) is 0. The summed E-state index contributed by atoms with van der Waals surface area (Å²) in [5.41, 5.74) is 0.624. The average Bonchev–Trinajstić information content (AvgIpc) is 3.29. The third kappa shape index (κ3) is 1.97. The van der Waals surface area contributed by atoms with Crippen LogP contribution in [-0.2, 0) is 0 Å². The van der Waals surface area contributed by atoms with Crippen LogP contribution in [-0.4, -0.2) is 33.2 Å². The fraction of sp³-hybridized carbons (Fsp3) is 0.750. The van der Waals surface area contributed by atoms with Gasteiger partial charge < -0.3 is 4.90 Å². The first-order valence-electron chi connectivity index (χ1n) is 8.01. The van der Waals surface area contributed by atoms with Gasteiger partial charge in [-0.25, -0.2) is 0 Å². The first-order valence-corrected chi connectivity index (χ1v) is 8.01. The van der Waals surface area contributed by atoms with Crippen LogP contribution in [0.25, 0.3) is 0 Å². The highest BCUT2D eigenvalue weighted by Gasteiger charge is 2.54. The average molecular weight is 273 g/mol. The summed E-state index contributed by atoms with van der Waals surface area (Å²) in [5, 5.41) is 4.44. The van der Waals surface area contributed by atoms with Crippen LogP contribution in [0.3, 0.4) is 0 Å². The van der Waals surface area contributed by atoms with Crippen LogP contribution in [0.2, 0.25) is 0 Å². The summed E-state index contributed by atoms with van der Waals surface area (Å²) in [4.78, 5) is 14.7. The maximum absolute atomic E-state index is 12.6. The van der Waals surface area contributed by atoms with Crippen LogP contribution in [0.5, 0.6) is 0 Å². The molecule has 1 aliphatic heterocycles. The van der Waals surface area contributed by atoms with Gasteiger partial charge in [0.1, 0.15) is 5.69 Å². The van der Waals surface area contributed by atoms with Crippen molar-refractivity contribution in [2.75, 3.05) is 6.54 Å². The van der Waals surface area contributed by atoms with Crippen molar-refractivity contribution in [3.63, 3.8) is 0 Å². The van der Waals surface area contributed by atoms with E-state index in [4.69, 9.17) is 0 Å². The Hall–Kier alpha value is -1.32. The van der Waals surface area contributed by atoms with Crippen LogP contribution < -0.4 is 0 Å². The molecule has 0 bridgehead atoms. The molecule has 2 aliphatic carbocycles. The van der Waals surface area contributed by atoms with Crippen LogP contribution >= 0.6 is 0 Å². The van der Waals surface area contributed by atoms with Gasteiger partial charge >= 0.3 is 0 Å². The Balaban J connectivity index is 1.50. The van der Waals surface area contributed by atoms with Crippen LogP contribution in [0, 0.1) is 17.8 Å². The standard InChI is InChI=1S/C16H23N3O/c1-10(2)19-8-7-14(17-19)16(20)18-9-13(11-3-4-11)15(18)12-5-6-12/h7-8,10-13,15H,3-6,9H2,1-2H3/t13-,15+/m1/s1. The van der Waals surface area contributed by atoms with Crippen molar-refractivity contribution in [3.05, 3.63) is 18.0 Å². The molecular weight excluding hydrogens is 250 g/mol. The summed E-state index contributed by atoms with van der Waals surface area (Å²) in [6.07, 6.45) is 7.33. The van der Waals surface area contributed by atoms with E-state index in [0.717, 1.165) is 24.3 Å². The summed E-state index contributed by atoms with van der Waals surface area (Å²) in [7, 11) is 0. The van der Waals surface area contributed by atoms with E-state index < -0.39 is 0 Å². The molecule has 1 aromatic rings. The van der Waals surface area contributed by atoms with Gasteiger partial charge in [0.05, 0.1) is 0 Å². The van der Waals surface area contributed by atoms with E-state index in [1.54, 1.807) is 0 Å². The van der Waals surface area contributed by atoms with E-state index in [1.807, 2.05) is 16.9 Å². The molecule has 1 amide bonds. The summed E-state index contributed by atoms with van der Waals surface area (Å²) in [6.45, 7) is 5.14. The third-order valence-corrected chi connectivity index (χ3v) is 5.16. The second-order valence-corrected chi connectivity index (χ2v) is 7.06. The number of nitrogens with zero attached hydrogens (tertiary/aromatic N) is 3. The topological polar surface area (TPSA) is 38.1 Å². The van der Waals surface area contributed by atoms with E-state index >= 15 is 0 Å². The zero-order valence-corrected chi connectivity index (χ0v) is 12.3. The largest absolute Gasteiger partial charge is 0.333 e. The molecule has 2 saturated carbocycles. The molecule has 20 heavy (non-hydrogen) atoms. The van der Waals surface area contributed by atoms with Gasteiger partial charge in [0.2, 0.25) is 0 Å². The minimum Gasteiger partial charge on any atom is -0.333 e. The predicted octanol–water partition coefficient (Wildman–Crippen LogP) is 2.72. The highest BCUT2D eigenvalue weighted by atomic mass is 16.2. The second-order valence-electron chi connectivity index (χ2n) is 7.06. The maximum atomic E-state index is 12.6. The Labute approximate surface area is 120 Å². The Morgan fingerprint density at radius 3 is 2.50 bits per heavy atom. The van der Waals surface area contributed by atoms with Crippen molar-refractivity contribution < 1.29 is 4.79 Å². The van der Waals surface area contributed by atoms with E-state index in [9.17, 15) is 4.79 Å². The lowest BCUT2D eigenvalue weighted by atomic mass is 9.81. The molecule has 0 aromatic carbocycles. The van der Waals surface area contributed by atoms with E-state index in [2.05, 4.69) is 23.8 Å². The normalized spacial score (nSPS) is 29.6. The summed E-state index contributed by atoms with van der Waals surface area (Å²) >= 11 is 0. The summed E-state index contributed by atoms with van der Waals surface area (Å²) in [6, 6.07) is 2.71. The summed E-state index contributed by atoms with van der Waals surface area (Å²) < 4.78 is 1.87. The van der Waals surface area contributed by atoms with Crippen molar-refractivity contribution >= 4 is 5.91 Å². The molecule has 108 valence electrons. The molecule has 3 aliphatic rings. The van der Waals surface area contributed by atoms with Crippen molar-refractivity contribution in [2.45, 2.75) is 51.6 Å². The van der Waals surface area contributed by atoms with Crippen LogP contribution in [0.1, 0.15) is 56.1 Å². The number of rotatable bonds is 4. The summed E-state index contributed by atoms with van der Waals surface area (Å²) in [5.74, 6) is 2.64. The van der Waals surface area contributed by atoms with Gasteiger partial charge in [-0.2, -0.15) is 5.10 Å². The van der Waals surface area contributed by atoms with Gasteiger partial charge in [-0.1, -0.05) is 0 Å². The zero-order chi connectivity index (χ0) is 13.9. The molecule has 0 unspecified atom stereocenters. The fourth-order valence-corrected chi connectivity index (χ4v) is 3.65. The van der Waals surface area contributed by atoms with E-state index in [1.165, 1.54) is 25.7 Å². The number of carbonyl (C=O) groups excluding carboxylic acids is 1. The fourth-order valence-electron chi connectivity index (χ4n) is 3.65. The molecular formula is C16H23N3O. The number of carbonyl (C=O) groups is 1. The molecule has 1 saturated heterocycles. The molecule has 4 rings (SSSR count). The number of likely N-dealkylation sites (tertiary alicyclic amines) is 1. The smallest absolute Gasteiger partial charge is 0.274 e. The Morgan fingerprint density at radius 2 is 1.95 bits per heavy atom. The van der Waals surface area contributed by atoms with Gasteiger partial charge in [0, 0.05) is 30.7 Å². The molecule has 2 atom stereocenters. The van der Waals surface area contributed by atoms with Crippen molar-refractivity contribution in [1.29, 1.82) is 0 Å². The highest BCUT2D eigenvalue weighted by Crippen LogP contribution is 2.52. The zero-order valence-electron chi connectivity index (χ0n) is 12.3. The van der Waals surface area contributed by atoms with Gasteiger partial charge in [-0.3, -0.25) is 9.48 Å². The van der Waals surface area contributed by atoms with Gasteiger partial charge in [-0.15, -0.1) is 0 Å². The molecule has 2 heterocycles. The minimum atomic E-state index is 0.151. The first-order chi connectivity index (χ1) is 9.65. The first kappa shape index (κ1) is 12.4. The van der Waals surface area contributed by atoms with Crippen molar-refractivity contribution in [3.8, 4) is 0 Å². The predicted molar refractivity (Wildman–Crippen MR) is 76.4 cm³/mol. The lowest BCUT2D eigenvalue weighted by molar-refractivity contribution is -0.00253. The van der Waals surface area contributed by atoms with E-state index in [0.29, 0.717) is 17.8 Å². The van der Waals surface area contributed by atoms with Gasteiger partial charge in [0.15, 0.2) is 0 Å². The van der Waals surface area contributed by atoms with Gasteiger partial charge in [0.25, 0.3) is 5.91 Å². The Bertz CT molecular complexity index is 528. The molecule has 0 spiro atoms. The quantitative estimate of drug-likeness (QED) is 0.846. The molecule has 1 aromatic heterocycles. The lowest BCUT2D eigenvalue weighted by Crippen LogP contribution is -2.60. The second kappa shape index (κ2) is 4.34. The van der Waals surface area contributed by atoms with Crippen molar-refractivity contribution in [2.24, 2.45) is 17.8 Å². The Morgan fingerprint density at radius 1 is 1.25 bits per heavy atom. The number of hydrogen-bond acceptors (Lipinski definition) is 2. The minimum absolute atomic E-state index is 0.151. The van der Waals surface area contributed by atoms with Gasteiger partial charge in [-0.05, 0) is 57.4 Å². The molecule has 4 heteroatoms. The Kier molecular flexibility index (Phi) is 2.69. The highest BCUT2D eigenvalue weighted by molar-refractivity contribution is 5.93. The number of amides is 1. The van der Waals surface area contributed by atoms with Crippen LogP contribution in [0.4, 0.5) is 0 Å². The monoisotopic (exact) mass is 273 g/mol. The van der Waals surface area contributed by atoms with Crippen molar-refractivity contribution in [1.82, 2.24) is 14.7 Å². The van der Waals surface area contributed by atoms with Crippen LogP contribution in [0.15, 0.2) is 12.3 Å². The molecule has 4 nitrogen and oxygen atoms in total. The SMILES string of the molecule is CC(C)n1ccc(C(=O)N2C[C@H](C3CC3)[C@@H]2C2CC2)n1. The maximum Gasteiger partial charge on any atom is 0.274 e. The van der Waals surface area contributed by atoms with E-state index in [-0.39, 0.29) is 5.91 Å². The molecule has 0 N–H and O–H groups in total.